The molecule has 0 saturated heterocycles. The molecule has 0 spiro atoms. The van der Waals surface area contributed by atoms with Crippen molar-refractivity contribution < 1.29 is 4.92 Å². The van der Waals surface area contributed by atoms with Crippen LogP contribution in [0.1, 0.15) is 5.56 Å². The summed E-state index contributed by atoms with van der Waals surface area (Å²) in [5.41, 5.74) is 10.9. The second-order valence-electron chi connectivity index (χ2n) is 4.16. The highest BCUT2D eigenvalue weighted by molar-refractivity contribution is 7.99. The second-order valence-corrected chi connectivity index (χ2v) is 5.28. The fourth-order valence-corrected chi connectivity index (χ4v) is 2.53. The fourth-order valence-electron chi connectivity index (χ4n) is 1.62. The Balaban J connectivity index is 2.37. The van der Waals surface area contributed by atoms with Crippen molar-refractivity contribution in [3.63, 3.8) is 0 Å². The van der Waals surface area contributed by atoms with Crippen molar-refractivity contribution in [3.8, 4) is 0 Å². The van der Waals surface area contributed by atoms with Gasteiger partial charge in [0, 0.05) is 27.5 Å². The van der Waals surface area contributed by atoms with Crippen molar-refractivity contribution in [2.24, 2.45) is 21.7 Å². The van der Waals surface area contributed by atoms with Gasteiger partial charge in [-0.3, -0.25) is 10.1 Å². The lowest BCUT2D eigenvalue weighted by Crippen LogP contribution is -2.21. The molecule has 4 N–H and O–H groups in total. The van der Waals surface area contributed by atoms with E-state index in [-0.39, 0.29) is 11.6 Å². The third kappa shape index (κ3) is 4.32. The highest BCUT2D eigenvalue weighted by Crippen LogP contribution is 2.31. The average molecular weight is 315 g/mol. The highest BCUT2D eigenvalue weighted by Gasteiger charge is 2.10. The molecule has 112 valence electrons. The third-order valence-corrected chi connectivity index (χ3v) is 3.64. The molecule has 0 aromatic heterocycles. The van der Waals surface area contributed by atoms with Gasteiger partial charge in [0.05, 0.1) is 11.1 Å². The molecule has 0 radical (unpaired) electrons. The van der Waals surface area contributed by atoms with Gasteiger partial charge in [0.2, 0.25) is 5.96 Å². The Morgan fingerprint density at radius 2 is 1.91 bits per heavy atom. The number of hydrogen-bond acceptors (Lipinski definition) is 5. The SMILES string of the molecule is NC(N)=NN=Cc1cc([N+](=O)[O-])ccc1Sc1ccccc1. The van der Waals surface area contributed by atoms with Gasteiger partial charge in [-0.2, -0.15) is 5.10 Å². The smallest absolute Gasteiger partial charge is 0.270 e. The first-order valence-corrected chi connectivity index (χ1v) is 7.01. The van der Waals surface area contributed by atoms with Gasteiger partial charge in [-0.05, 0) is 18.2 Å². The standard InChI is InChI=1S/C14H13N5O2S/c15-14(16)18-17-9-10-8-11(19(20)21)6-7-13(10)22-12-4-2-1-3-5-12/h1-9H,(H4,15,16,18). The predicted octanol–water partition coefficient (Wildman–Crippen LogP) is 2.35. The lowest BCUT2D eigenvalue weighted by molar-refractivity contribution is -0.384. The quantitative estimate of drug-likeness (QED) is 0.380. The maximum absolute atomic E-state index is 10.9. The molecule has 0 atom stereocenters. The Morgan fingerprint density at radius 3 is 2.55 bits per heavy atom. The summed E-state index contributed by atoms with van der Waals surface area (Å²) in [4.78, 5) is 12.2. The van der Waals surface area contributed by atoms with Crippen molar-refractivity contribution in [1.82, 2.24) is 0 Å². The van der Waals surface area contributed by atoms with E-state index in [0.29, 0.717) is 5.56 Å². The molecule has 0 amide bonds. The molecule has 0 heterocycles. The van der Waals surface area contributed by atoms with E-state index in [4.69, 9.17) is 11.5 Å². The topological polar surface area (TPSA) is 120 Å². The molecule has 8 heteroatoms. The van der Waals surface area contributed by atoms with Crippen LogP contribution >= 0.6 is 11.8 Å². The van der Waals surface area contributed by atoms with Crippen LogP contribution in [0, 0.1) is 10.1 Å². The number of hydrogen-bond donors (Lipinski definition) is 2. The van der Waals surface area contributed by atoms with Crippen molar-refractivity contribution in [2.75, 3.05) is 0 Å². The Kier molecular flexibility index (Phi) is 5.10. The molecule has 0 aliphatic rings. The first kappa shape index (κ1) is 15.5. The normalized spacial score (nSPS) is 10.5. The molecule has 0 saturated carbocycles. The van der Waals surface area contributed by atoms with Gasteiger partial charge in [0.1, 0.15) is 0 Å². The summed E-state index contributed by atoms with van der Waals surface area (Å²) < 4.78 is 0. The van der Waals surface area contributed by atoms with Gasteiger partial charge in [-0.25, -0.2) is 0 Å². The van der Waals surface area contributed by atoms with Crippen LogP contribution in [0.2, 0.25) is 0 Å². The molecular formula is C14H13N5O2S. The van der Waals surface area contributed by atoms with E-state index in [1.165, 1.54) is 30.1 Å². The summed E-state index contributed by atoms with van der Waals surface area (Å²) in [6, 6.07) is 14.2. The molecule has 0 aliphatic carbocycles. The van der Waals surface area contributed by atoms with E-state index in [9.17, 15) is 10.1 Å². The maximum Gasteiger partial charge on any atom is 0.270 e. The van der Waals surface area contributed by atoms with Crippen LogP contribution in [-0.4, -0.2) is 17.1 Å². The van der Waals surface area contributed by atoms with Crippen LogP contribution in [0.25, 0.3) is 0 Å². The minimum atomic E-state index is -0.463. The van der Waals surface area contributed by atoms with E-state index in [1.54, 1.807) is 6.07 Å². The van der Waals surface area contributed by atoms with Gasteiger partial charge in [-0.15, -0.1) is 5.10 Å². The Labute approximate surface area is 130 Å². The van der Waals surface area contributed by atoms with Gasteiger partial charge >= 0.3 is 0 Å². The zero-order valence-corrected chi connectivity index (χ0v) is 12.2. The molecule has 0 fully saturated rings. The van der Waals surface area contributed by atoms with Crippen molar-refractivity contribution in [1.29, 1.82) is 0 Å². The zero-order chi connectivity index (χ0) is 15.9. The third-order valence-electron chi connectivity index (χ3n) is 2.55. The number of nitro groups is 1. The molecule has 0 aliphatic heterocycles. The van der Waals surface area contributed by atoms with Crippen LogP contribution < -0.4 is 11.5 Å². The van der Waals surface area contributed by atoms with Crippen LogP contribution in [-0.2, 0) is 0 Å². The Bertz CT molecular complexity index is 727. The molecule has 0 bridgehead atoms. The molecule has 7 nitrogen and oxygen atoms in total. The number of non-ortho nitro benzene ring substituents is 1. The lowest BCUT2D eigenvalue weighted by Gasteiger charge is -2.05. The van der Waals surface area contributed by atoms with Gasteiger partial charge < -0.3 is 11.5 Å². The molecular weight excluding hydrogens is 302 g/mol. The van der Waals surface area contributed by atoms with Gasteiger partial charge in [-0.1, -0.05) is 30.0 Å². The highest BCUT2D eigenvalue weighted by atomic mass is 32.2. The minimum absolute atomic E-state index is 0.0245. The lowest BCUT2D eigenvalue weighted by atomic mass is 10.2. The minimum Gasteiger partial charge on any atom is -0.369 e. The summed E-state index contributed by atoms with van der Waals surface area (Å²) in [7, 11) is 0. The Hall–Kier alpha value is -2.87. The van der Waals surface area contributed by atoms with Crippen LogP contribution in [0.15, 0.2) is 68.5 Å². The number of nitrogens with two attached hydrogens (primary N) is 2. The number of guanidine groups is 1. The second kappa shape index (κ2) is 7.23. The van der Waals surface area contributed by atoms with Crippen molar-refractivity contribution in [3.05, 3.63) is 64.2 Å². The molecule has 2 aromatic rings. The van der Waals surface area contributed by atoms with Gasteiger partial charge in [0.15, 0.2) is 0 Å². The van der Waals surface area contributed by atoms with E-state index < -0.39 is 4.92 Å². The molecule has 2 rings (SSSR count). The van der Waals surface area contributed by atoms with Crippen LogP contribution in [0.3, 0.4) is 0 Å². The first-order chi connectivity index (χ1) is 10.6. The van der Waals surface area contributed by atoms with Gasteiger partial charge in [0.25, 0.3) is 5.69 Å². The average Bonchev–Trinajstić information content (AvgIpc) is 2.49. The number of nitrogens with zero attached hydrogens (tertiary/aromatic N) is 3. The largest absolute Gasteiger partial charge is 0.369 e. The maximum atomic E-state index is 10.9. The number of nitro benzene ring substituents is 1. The van der Waals surface area contributed by atoms with E-state index in [1.807, 2.05) is 30.3 Å². The monoisotopic (exact) mass is 315 g/mol. The number of benzene rings is 2. The molecule has 2 aromatic carbocycles. The Morgan fingerprint density at radius 1 is 1.18 bits per heavy atom. The van der Waals surface area contributed by atoms with Crippen molar-refractivity contribution in [2.45, 2.75) is 9.79 Å². The summed E-state index contributed by atoms with van der Waals surface area (Å²) in [6.07, 6.45) is 1.39. The molecule has 22 heavy (non-hydrogen) atoms. The van der Waals surface area contributed by atoms with Crippen LogP contribution in [0.5, 0.6) is 0 Å². The fraction of sp³-hybridized carbons (Fsp3) is 0. The predicted molar refractivity (Wildman–Crippen MR) is 87.1 cm³/mol. The van der Waals surface area contributed by atoms with Crippen molar-refractivity contribution >= 4 is 29.6 Å². The summed E-state index contributed by atoms with van der Waals surface area (Å²) in [5, 5.41) is 18.1. The summed E-state index contributed by atoms with van der Waals surface area (Å²) >= 11 is 1.47. The zero-order valence-electron chi connectivity index (χ0n) is 11.4. The van der Waals surface area contributed by atoms with Crippen LogP contribution in [0.4, 0.5) is 5.69 Å². The summed E-state index contributed by atoms with van der Waals surface area (Å²) in [6.45, 7) is 0. The first-order valence-electron chi connectivity index (χ1n) is 6.19. The molecule has 0 unspecified atom stereocenters. The summed E-state index contributed by atoms with van der Waals surface area (Å²) in [5.74, 6) is -0.182. The number of rotatable bonds is 5. The van der Waals surface area contributed by atoms with E-state index in [0.717, 1.165) is 9.79 Å². The van der Waals surface area contributed by atoms with E-state index >= 15 is 0 Å². The van der Waals surface area contributed by atoms with E-state index in [2.05, 4.69) is 10.2 Å².